The van der Waals surface area contributed by atoms with Crippen molar-refractivity contribution in [3.63, 3.8) is 0 Å². The smallest absolute Gasteiger partial charge is 0.311 e. The number of aryl methyl sites for hydroxylation is 1. The molecule has 0 fully saturated rings. The second-order valence-electron chi connectivity index (χ2n) is 2.35. The lowest BCUT2D eigenvalue weighted by molar-refractivity contribution is -0.139. The maximum absolute atomic E-state index is 10.9. The van der Waals surface area contributed by atoms with Crippen LogP contribution < -0.4 is 0 Å². The van der Waals surface area contributed by atoms with Gasteiger partial charge >= 0.3 is 5.97 Å². The van der Waals surface area contributed by atoms with Gasteiger partial charge < -0.3 is 4.74 Å². The van der Waals surface area contributed by atoms with Gasteiger partial charge in [0, 0.05) is 13.2 Å². The maximum Gasteiger partial charge on any atom is 0.311 e. The summed E-state index contributed by atoms with van der Waals surface area (Å²) in [6, 6.07) is 0. The number of methoxy groups -OCH3 is 1. The Kier molecular flexibility index (Phi) is 3.07. The molecule has 1 aromatic rings. The Morgan fingerprint density at radius 3 is 2.92 bits per heavy atom. The van der Waals surface area contributed by atoms with E-state index in [4.69, 9.17) is 0 Å². The summed E-state index contributed by atoms with van der Waals surface area (Å²) < 4.78 is 7.19. The number of nitrogens with zero attached hydrogens (tertiary/aromatic N) is 2. The van der Waals surface area contributed by atoms with E-state index in [9.17, 15) is 4.79 Å². The van der Waals surface area contributed by atoms with Crippen LogP contribution in [0, 0.1) is 3.57 Å². The van der Waals surface area contributed by atoms with E-state index in [1.165, 1.54) is 7.11 Å². The standard InChI is InChI=1S/C7H9IN2O2/c1-10-4-5(8)6(9-10)3-7(11)12-2/h4H,3H2,1-2H3. The number of hydrogen-bond acceptors (Lipinski definition) is 3. The average Bonchev–Trinajstić information content (AvgIpc) is 2.30. The molecule has 1 heterocycles. The van der Waals surface area contributed by atoms with E-state index in [-0.39, 0.29) is 12.4 Å². The van der Waals surface area contributed by atoms with Crippen LogP contribution >= 0.6 is 22.6 Å². The zero-order valence-corrected chi connectivity index (χ0v) is 9.03. The summed E-state index contributed by atoms with van der Waals surface area (Å²) in [5.41, 5.74) is 0.768. The molecule has 4 nitrogen and oxygen atoms in total. The molecule has 0 spiro atoms. The van der Waals surface area contributed by atoms with Crippen molar-refractivity contribution in [3.05, 3.63) is 15.5 Å². The largest absolute Gasteiger partial charge is 0.469 e. The first kappa shape index (κ1) is 9.50. The van der Waals surface area contributed by atoms with Crippen molar-refractivity contribution >= 4 is 28.6 Å². The summed E-state index contributed by atoms with van der Waals surface area (Å²) in [6.07, 6.45) is 2.11. The monoisotopic (exact) mass is 280 g/mol. The Morgan fingerprint density at radius 2 is 2.50 bits per heavy atom. The molecule has 0 bridgehead atoms. The fourth-order valence-corrected chi connectivity index (χ4v) is 1.54. The highest BCUT2D eigenvalue weighted by Crippen LogP contribution is 2.10. The molecule has 0 amide bonds. The highest BCUT2D eigenvalue weighted by molar-refractivity contribution is 14.1. The Bertz CT molecular complexity index is 296. The summed E-state index contributed by atoms with van der Waals surface area (Å²) >= 11 is 2.14. The van der Waals surface area contributed by atoms with Gasteiger partial charge in [0.1, 0.15) is 0 Å². The van der Waals surface area contributed by atoms with E-state index in [1.54, 1.807) is 4.68 Å². The van der Waals surface area contributed by atoms with E-state index in [1.807, 2.05) is 13.2 Å². The first-order valence-electron chi connectivity index (χ1n) is 3.38. The molecule has 0 atom stereocenters. The van der Waals surface area contributed by atoms with Gasteiger partial charge in [-0.2, -0.15) is 5.10 Å². The Hall–Kier alpha value is -0.590. The first-order valence-corrected chi connectivity index (χ1v) is 4.46. The van der Waals surface area contributed by atoms with Crippen LogP contribution in [0.1, 0.15) is 5.69 Å². The van der Waals surface area contributed by atoms with Gasteiger partial charge in [0.05, 0.1) is 22.8 Å². The zero-order valence-electron chi connectivity index (χ0n) is 6.87. The number of rotatable bonds is 2. The van der Waals surface area contributed by atoms with Crippen molar-refractivity contribution in [2.24, 2.45) is 7.05 Å². The summed E-state index contributed by atoms with van der Waals surface area (Å²) in [6.45, 7) is 0. The van der Waals surface area contributed by atoms with Crippen LogP contribution in [-0.4, -0.2) is 22.9 Å². The van der Waals surface area contributed by atoms with Crippen molar-refractivity contribution in [3.8, 4) is 0 Å². The molecule has 1 rings (SSSR count). The second-order valence-corrected chi connectivity index (χ2v) is 3.51. The van der Waals surface area contributed by atoms with Crippen LogP contribution in [0.15, 0.2) is 6.20 Å². The van der Waals surface area contributed by atoms with Crippen molar-refractivity contribution in [1.29, 1.82) is 0 Å². The SMILES string of the molecule is COC(=O)Cc1nn(C)cc1I. The summed E-state index contributed by atoms with van der Waals surface area (Å²) in [5, 5.41) is 4.11. The summed E-state index contributed by atoms with van der Waals surface area (Å²) in [7, 11) is 3.20. The highest BCUT2D eigenvalue weighted by Gasteiger charge is 2.09. The van der Waals surface area contributed by atoms with Gasteiger partial charge in [-0.05, 0) is 22.6 Å². The molecular formula is C7H9IN2O2. The number of esters is 1. The van der Waals surface area contributed by atoms with Crippen LogP contribution in [0.5, 0.6) is 0 Å². The maximum atomic E-state index is 10.9. The van der Waals surface area contributed by atoms with Gasteiger partial charge in [-0.25, -0.2) is 0 Å². The van der Waals surface area contributed by atoms with Gasteiger partial charge in [-0.1, -0.05) is 0 Å². The van der Waals surface area contributed by atoms with Gasteiger partial charge in [-0.3, -0.25) is 9.48 Å². The Balaban J connectivity index is 2.75. The van der Waals surface area contributed by atoms with E-state index in [2.05, 4.69) is 32.4 Å². The summed E-state index contributed by atoms with van der Waals surface area (Å²) in [4.78, 5) is 10.9. The van der Waals surface area contributed by atoms with Gasteiger partial charge in [-0.15, -0.1) is 0 Å². The van der Waals surface area contributed by atoms with Crippen LogP contribution in [0.4, 0.5) is 0 Å². The lowest BCUT2D eigenvalue weighted by Gasteiger charge is -1.95. The molecule has 0 aliphatic rings. The highest BCUT2D eigenvalue weighted by atomic mass is 127. The second kappa shape index (κ2) is 3.88. The van der Waals surface area contributed by atoms with Crippen molar-refractivity contribution in [2.75, 3.05) is 7.11 Å². The molecule has 0 aliphatic heterocycles. The fourth-order valence-electron chi connectivity index (χ4n) is 0.834. The number of carbonyl (C=O) groups excluding carboxylic acids is 1. The van der Waals surface area contributed by atoms with Crippen LogP contribution in [0.25, 0.3) is 0 Å². The average molecular weight is 280 g/mol. The topological polar surface area (TPSA) is 44.1 Å². The first-order chi connectivity index (χ1) is 5.63. The van der Waals surface area contributed by atoms with Crippen LogP contribution in [0.2, 0.25) is 0 Å². The third-order valence-electron chi connectivity index (χ3n) is 1.39. The number of aromatic nitrogens is 2. The zero-order chi connectivity index (χ0) is 9.14. The normalized spacial score (nSPS) is 9.92. The third kappa shape index (κ3) is 2.20. The fraction of sp³-hybridized carbons (Fsp3) is 0.429. The van der Waals surface area contributed by atoms with Crippen molar-refractivity contribution in [1.82, 2.24) is 9.78 Å². The molecule has 1 aromatic heterocycles. The lowest BCUT2D eigenvalue weighted by Crippen LogP contribution is -2.06. The molecule has 0 saturated carbocycles. The number of ether oxygens (including phenoxy) is 1. The van der Waals surface area contributed by atoms with E-state index in [0.717, 1.165) is 9.26 Å². The van der Waals surface area contributed by atoms with Gasteiger partial charge in [0.2, 0.25) is 0 Å². The third-order valence-corrected chi connectivity index (χ3v) is 2.29. The number of hydrogen-bond donors (Lipinski definition) is 0. The van der Waals surface area contributed by atoms with Crippen molar-refractivity contribution in [2.45, 2.75) is 6.42 Å². The van der Waals surface area contributed by atoms with Crippen LogP contribution in [-0.2, 0) is 23.0 Å². The Labute approximate surface area is 84.0 Å². The van der Waals surface area contributed by atoms with E-state index < -0.39 is 0 Å². The number of halogens is 1. The summed E-state index contributed by atoms with van der Waals surface area (Å²) in [5.74, 6) is -0.258. The molecule has 0 unspecified atom stereocenters. The predicted octanol–water partition coefficient (Wildman–Crippen LogP) is 0.740. The Morgan fingerprint density at radius 1 is 1.83 bits per heavy atom. The molecular weight excluding hydrogens is 271 g/mol. The quantitative estimate of drug-likeness (QED) is 0.593. The van der Waals surface area contributed by atoms with Gasteiger partial charge in [0.15, 0.2) is 0 Å². The minimum atomic E-state index is -0.258. The molecule has 0 saturated heterocycles. The minimum Gasteiger partial charge on any atom is -0.469 e. The van der Waals surface area contributed by atoms with Gasteiger partial charge in [0.25, 0.3) is 0 Å². The molecule has 12 heavy (non-hydrogen) atoms. The predicted molar refractivity (Wildman–Crippen MR) is 51.6 cm³/mol. The van der Waals surface area contributed by atoms with E-state index in [0.29, 0.717) is 0 Å². The minimum absolute atomic E-state index is 0.246. The lowest BCUT2D eigenvalue weighted by atomic mass is 10.3. The molecule has 0 radical (unpaired) electrons. The molecule has 5 heteroatoms. The molecule has 0 N–H and O–H groups in total. The number of carbonyl (C=O) groups is 1. The molecule has 0 aliphatic carbocycles. The van der Waals surface area contributed by atoms with E-state index >= 15 is 0 Å². The molecule has 66 valence electrons. The molecule has 0 aromatic carbocycles. The van der Waals surface area contributed by atoms with Crippen molar-refractivity contribution < 1.29 is 9.53 Å². The van der Waals surface area contributed by atoms with Crippen LogP contribution in [0.3, 0.4) is 0 Å².